The zero-order valence-corrected chi connectivity index (χ0v) is 11.9. The first-order valence-corrected chi connectivity index (χ1v) is 7.42. The number of benzene rings is 1. The fourth-order valence-corrected chi connectivity index (χ4v) is 3.31. The minimum atomic E-state index is -0.555. The van der Waals surface area contributed by atoms with E-state index < -0.39 is 5.82 Å². The third kappa shape index (κ3) is 2.54. The van der Waals surface area contributed by atoms with E-state index in [9.17, 15) is 9.18 Å². The maximum atomic E-state index is 13.9. The van der Waals surface area contributed by atoms with Crippen LogP contribution < -0.4 is 0 Å². The molecular weight excluding hydrogens is 281 g/mol. The maximum absolute atomic E-state index is 13.9. The molecule has 0 aliphatic carbocycles. The molecule has 0 spiro atoms. The SMILES string of the molecule is O=C(c1ccc(Cl)cc1F)N1CCC[C@@H]1[C@H]1CCCO1. The van der Waals surface area contributed by atoms with Gasteiger partial charge in [0.05, 0.1) is 17.7 Å². The van der Waals surface area contributed by atoms with Gasteiger partial charge >= 0.3 is 0 Å². The molecule has 2 aliphatic heterocycles. The Morgan fingerprint density at radius 1 is 1.35 bits per heavy atom. The number of amides is 1. The Balaban J connectivity index is 1.81. The molecule has 0 aromatic heterocycles. The monoisotopic (exact) mass is 297 g/mol. The van der Waals surface area contributed by atoms with Crippen LogP contribution in [0.15, 0.2) is 18.2 Å². The highest BCUT2D eigenvalue weighted by molar-refractivity contribution is 6.30. The van der Waals surface area contributed by atoms with Crippen LogP contribution in [0.1, 0.15) is 36.0 Å². The van der Waals surface area contributed by atoms with Crippen molar-refractivity contribution in [3.05, 3.63) is 34.6 Å². The van der Waals surface area contributed by atoms with E-state index in [1.165, 1.54) is 12.1 Å². The fourth-order valence-electron chi connectivity index (χ4n) is 3.15. The smallest absolute Gasteiger partial charge is 0.257 e. The predicted octanol–water partition coefficient (Wildman–Crippen LogP) is 3.26. The number of nitrogens with zero attached hydrogens (tertiary/aromatic N) is 1. The molecule has 2 atom stereocenters. The maximum Gasteiger partial charge on any atom is 0.257 e. The van der Waals surface area contributed by atoms with Gasteiger partial charge in [-0.1, -0.05) is 11.6 Å². The summed E-state index contributed by atoms with van der Waals surface area (Å²) in [4.78, 5) is 14.3. The van der Waals surface area contributed by atoms with E-state index in [0.717, 1.165) is 32.3 Å². The lowest BCUT2D eigenvalue weighted by Crippen LogP contribution is -2.42. The molecule has 2 fully saturated rings. The molecule has 0 unspecified atom stereocenters. The van der Waals surface area contributed by atoms with Crippen molar-refractivity contribution in [1.29, 1.82) is 0 Å². The molecule has 1 aromatic carbocycles. The Kier molecular flexibility index (Phi) is 3.94. The third-order valence-electron chi connectivity index (χ3n) is 4.12. The summed E-state index contributed by atoms with van der Waals surface area (Å²) in [6.07, 6.45) is 4.02. The van der Waals surface area contributed by atoms with Crippen molar-refractivity contribution in [2.45, 2.75) is 37.8 Å². The number of halogens is 2. The van der Waals surface area contributed by atoms with E-state index in [4.69, 9.17) is 16.3 Å². The van der Waals surface area contributed by atoms with E-state index in [1.54, 1.807) is 11.0 Å². The van der Waals surface area contributed by atoms with Crippen molar-refractivity contribution in [3.8, 4) is 0 Å². The summed E-state index contributed by atoms with van der Waals surface area (Å²) in [5, 5.41) is 0.302. The summed E-state index contributed by atoms with van der Waals surface area (Å²) in [5.74, 6) is -0.808. The van der Waals surface area contributed by atoms with Crippen molar-refractivity contribution < 1.29 is 13.9 Å². The zero-order valence-electron chi connectivity index (χ0n) is 11.1. The quantitative estimate of drug-likeness (QED) is 0.838. The van der Waals surface area contributed by atoms with Gasteiger partial charge in [-0.2, -0.15) is 0 Å². The summed E-state index contributed by atoms with van der Waals surface area (Å²) in [7, 11) is 0. The van der Waals surface area contributed by atoms with E-state index in [-0.39, 0.29) is 23.6 Å². The fraction of sp³-hybridized carbons (Fsp3) is 0.533. The van der Waals surface area contributed by atoms with Gasteiger partial charge in [-0.15, -0.1) is 0 Å². The first kappa shape index (κ1) is 13.8. The van der Waals surface area contributed by atoms with Crippen molar-refractivity contribution in [2.24, 2.45) is 0 Å². The summed E-state index contributed by atoms with van der Waals surface area (Å²) in [5.41, 5.74) is 0.0966. The molecule has 0 bridgehead atoms. The van der Waals surface area contributed by atoms with Gasteiger partial charge in [0.15, 0.2) is 0 Å². The van der Waals surface area contributed by atoms with Gasteiger partial charge < -0.3 is 9.64 Å². The van der Waals surface area contributed by atoms with Gasteiger partial charge in [0.25, 0.3) is 5.91 Å². The summed E-state index contributed by atoms with van der Waals surface area (Å²) < 4.78 is 19.6. The summed E-state index contributed by atoms with van der Waals surface area (Å²) in [6, 6.07) is 4.28. The van der Waals surface area contributed by atoms with Gasteiger partial charge in [-0.3, -0.25) is 4.79 Å². The highest BCUT2D eigenvalue weighted by atomic mass is 35.5. The normalized spacial score (nSPS) is 26.2. The van der Waals surface area contributed by atoms with E-state index in [0.29, 0.717) is 11.6 Å². The van der Waals surface area contributed by atoms with Crippen molar-refractivity contribution in [2.75, 3.05) is 13.2 Å². The van der Waals surface area contributed by atoms with E-state index >= 15 is 0 Å². The molecule has 0 radical (unpaired) electrons. The third-order valence-corrected chi connectivity index (χ3v) is 4.35. The average molecular weight is 298 g/mol. The number of hydrogen-bond donors (Lipinski definition) is 0. The molecule has 1 aromatic rings. The Bertz CT molecular complexity index is 517. The molecule has 20 heavy (non-hydrogen) atoms. The standard InChI is InChI=1S/C15H17ClFNO2/c16-10-5-6-11(12(17)9-10)15(19)18-7-1-3-13(18)14-4-2-8-20-14/h5-6,9,13-14H,1-4,7-8H2/t13-,14-/m1/s1. The molecule has 108 valence electrons. The number of rotatable bonds is 2. The molecule has 3 rings (SSSR count). The molecular formula is C15H17ClFNO2. The number of carbonyl (C=O) groups is 1. The lowest BCUT2D eigenvalue weighted by molar-refractivity contribution is 0.0338. The lowest BCUT2D eigenvalue weighted by atomic mass is 10.0. The van der Waals surface area contributed by atoms with Crippen LogP contribution in [0.25, 0.3) is 0 Å². The van der Waals surface area contributed by atoms with E-state index in [1.807, 2.05) is 0 Å². The molecule has 0 saturated carbocycles. The van der Waals surface area contributed by atoms with Gasteiger partial charge in [0.2, 0.25) is 0 Å². The van der Waals surface area contributed by atoms with Gasteiger partial charge in [-0.25, -0.2) is 4.39 Å². The van der Waals surface area contributed by atoms with E-state index in [2.05, 4.69) is 0 Å². The second-order valence-electron chi connectivity index (χ2n) is 5.38. The van der Waals surface area contributed by atoms with Crippen LogP contribution in [0.2, 0.25) is 5.02 Å². The molecule has 0 N–H and O–H groups in total. The molecule has 1 amide bonds. The minimum absolute atomic E-state index is 0.0834. The number of hydrogen-bond acceptors (Lipinski definition) is 2. The first-order chi connectivity index (χ1) is 9.66. The van der Waals surface area contributed by atoms with Gasteiger partial charge in [0.1, 0.15) is 5.82 Å². The largest absolute Gasteiger partial charge is 0.376 e. The lowest BCUT2D eigenvalue weighted by Gasteiger charge is -2.29. The van der Waals surface area contributed by atoms with Crippen LogP contribution in [-0.4, -0.2) is 36.1 Å². The van der Waals surface area contributed by atoms with Crippen LogP contribution in [0.3, 0.4) is 0 Å². The van der Waals surface area contributed by atoms with Crippen LogP contribution in [-0.2, 0) is 4.74 Å². The number of carbonyl (C=O) groups excluding carboxylic acids is 1. The number of likely N-dealkylation sites (tertiary alicyclic amines) is 1. The van der Waals surface area contributed by atoms with Crippen LogP contribution >= 0.6 is 11.6 Å². The average Bonchev–Trinajstić information content (AvgIpc) is 3.09. The Hall–Kier alpha value is -1.13. The second kappa shape index (κ2) is 5.70. The summed E-state index contributed by atoms with van der Waals surface area (Å²) in [6.45, 7) is 1.43. The van der Waals surface area contributed by atoms with Crippen molar-refractivity contribution >= 4 is 17.5 Å². The molecule has 5 heteroatoms. The Labute approximate surface area is 122 Å². The molecule has 2 aliphatic rings. The van der Waals surface area contributed by atoms with Crippen LogP contribution in [0, 0.1) is 5.82 Å². The highest BCUT2D eigenvalue weighted by Crippen LogP contribution is 2.29. The molecule has 3 nitrogen and oxygen atoms in total. The minimum Gasteiger partial charge on any atom is -0.376 e. The first-order valence-electron chi connectivity index (χ1n) is 7.04. The molecule has 2 saturated heterocycles. The van der Waals surface area contributed by atoms with Crippen LogP contribution in [0.4, 0.5) is 4.39 Å². The Morgan fingerprint density at radius 2 is 2.20 bits per heavy atom. The second-order valence-corrected chi connectivity index (χ2v) is 5.82. The van der Waals surface area contributed by atoms with Gasteiger partial charge in [0, 0.05) is 18.2 Å². The van der Waals surface area contributed by atoms with Crippen LogP contribution in [0.5, 0.6) is 0 Å². The summed E-state index contributed by atoms with van der Waals surface area (Å²) >= 11 is 5.73. The van der Waals surface area contributed by atoms with Crippen molar-refractivity contribution in [1.82, 2.24) is 4.90 Å². The molecule has 2 heterocycles. The number of ether oxygens (including phenoxy) is 1. The van der Waals surface area contributed by atoms with Gasteiger partial charge in [-0.05, 0) is 43.9 Å². The van der Waals surface area contributed by atoms with Crippen molar-refractivity contribution in [3.63, 3.8) is 0 Å². The topological polar surface area (TPSA) is 29.5 Å². The predicted molar refractivity (Wildman–Crippen MR) is 74.4 cm³/mol. The zero-order chi connectivity index (χ0) is 14.1. The highest BCUT2D eigenvalue weighted by Gasteiger charge is 2.37. The Morgan fingerprint density at radius 3 is 2.90 bits per heavy atom.